The van der Waals surface area contributed by atoms with Gasteiger partial charge >= 0.3 is 0 Å². The number of hydrogen-bond donors (Lipinski definition) is 0. The minimum atomic E-state index is -0.401. The van der Waals surface area contributed by atoms with Crippen LogP contribution in [0.2, 0.25) is 5.02 Å². The second-order valence-electron chi connectivity index (χ2n) is 3.61. The van der Waals surface area contributed by atoms with Crippen molar-refractivity contribution in [3.05, 3.63) is 27.4 Å². The van der Waals surface area contributed by atoms with Crippen molar-refractivity contribution in [2.75, 3.05) is 6.61 Å². The van der Waals surface area contributed by atoms with Crippen molar-refractivity contribution in [2.24, 2.45) is 0 Å². The number of rotatable bonds is 2. The van der Waals surface area contributed by atoms with Gasteiger partial charge in [-0.2, -0.15) is 0 Å². The largest absolute Gasteiger partial charge is 0.463 e. The first kappa shape index (κ1) is 12.1. The summed E-state index contributed by atoms with van der Waals surface area (Å²) in [6.07, 6.45) is 2.69. The minimum Gasteiger partial charge on any atom is -0.463 e. The van der Waals surface area contributed by atoms with Gasteiger partial charge in [0, 0.05) is 6.42 Å². The van der Waals surface area contributed by atoms with E-state index in [9.17, 15) is 4.39 Å². The normalized spacial score (nSPS) is 20.8. The van der Waals surface area contributed by atoms with Gasteiger partial charge in [0.15, 0.2) is 6.29 Å². The van der Waals surface area contributed by atoms with Crippen molar-refractivity contribution < 1.29 is 13.9 Å². The quantitative estimate of drug-likeness (QED) is 0.764. The zero-order valence-electron chi connectivity index (χ0n) is 8.51. The maximum atomic E-state index is 13.1. The van der Waals surface area contributed by atoms with Crippen LogP contribution in [0.3, 0.4) is 0 Å². The molecule has 1 aliphatic heterocycles. The molecular formula is C11H11BrClFO2. The molecule has 1 heterocycles. The maximum Gasteiger partial charge on any atom is 0.199 e. The number of hydrogen-bond acceptors (Lipinski definition) is 2. The standard InChI is InChI=1S/C11H11BrClFO2/c12-7-5-10(8(13)6-9(7)14)16-11-3-1-2-4-15-11/h5-6,11H,1-4H2. The highest BCUT2D eigenvalue weighted by Crippen LogP contribution is 2.32. The molecule has 0 spiro atoms. The minimum absolute atomic E-state index is 0.259. The third kappa shape index (κ3) is 2.87. The van der Waals surface area contributed by atoms with Crippen molar-refractivity contribution in [3.8, 4) is 5.75 Å². The van der Waals surface area contributed by atoms with E-state index in [1.165, 1.54) is 12.1 Å². The van der Waals surface area contributed by atoms with Gasteiger partial charge in [-0.1, -0.05) is 11.6 Å². The Morgan fingerprint density at radius 3 is 2.94 bits per heavy atom. The number of halogens is 3. The fourth-order valence-corrected chi connectivity index (χ4v) is 2.06. The molecule has 0 bridgehead atoms. The molecule has 0 aliphatic carbocycles. The van der Waals surface area contributed by atoms with E-state index in [1.807, 2.05) is 0 Å². The Hall–Kier alpha value is -0.320. The van der Waals surface area contributed by atoms with E-state index in [0.717, 1.165) is 19.3 Å². The summed E-state index contributed by atoms with van der Waals surface area (Å²) < 4.78 is 24.4. The highest BCUT2D eigenvalue weighted by molar-refractivity contribution is 9.10. The molecule has 1 aromatic carbocycles. The van der Waals surface area contributed by atoms with Gasteiger partial charge in [-0.05, 0) is 40.9 Å². The van der Waals surface area contributed by atoms with Crippen LogP contribution in [0, 0.1) is 5.82 Å². The Morgan fingerprint density at radius 2 is 2.25 bits per heavy atom. The lowest BCUT2D eigenvalue weighted by atomic mass is 10.2. The fraction of sp³-hybridized carbons (Fsp3) is 0.455. The zero-order chi connectivity index (χ0) is 11.5. The molecule has 1 aromatic rings. The summed E-state index contributed by atoms with van der Waals surface area (Å²) in [6.45, 7) is 0.699. The molecule has 2 rings (SSSR count). The van der Waals surface area contributed by atoms with Crippen LogP contribution in [-0.4, -0.2) is 12.9 Å². The Bertz CT molecular complexity index is 380. The SMILES string of the molecule is Fc1cc(Cl)c(OC2CCCCO2)cc1Br. The van der Waals surface area contributed by atoms with Crippen molar-refractivity contribution in [1.82, 2.24) is 0 Å². The number of ether oxygens (including phenoxy) is 2. The van der Waals surface area contributed by atoms with Gasteiger partial charge in [-0.25, -0.2) is 4.39 Å². The fourth-order valence-electron chi connectivity index (χ4n) is 1.54. The molecule has 1 atom stereocenters. The Kier molecular flexibility index (Phi) is 4.05. The number of benzene rings is 1. The summed E-state index contributed by atoms with van der Waals surface area (Å²) in [5.41, 5.74) is 0. The summed E-state index contributed by atoms with van der Waals surface area (Å²) in [5, 5.41) is 0.259. The van der Waals surface area contributed by atoms with Crippen LogP contribution >= 0.6 is 27.5 Å². The average molecular weight is 310 g/mol. The predicted molar refractivity (Wildman–Crippen MR) is 63.3 cm³/mol. The van der Waals surface area contributed by atoms with Crippen molar-refractivity contribution in [3.63, 3.8) is 0 Å². The van der Waals surface area contributed by atoms with Crippen LogP contribution in [0.5, 0.6) is 5.75 Å². The molecule has 88 valence electrons. The molecule has 0 radical (unpaired) electrons. The molecule has 1 aliphatic rings. The summed E-state index contributed by atoms with van der Waals surface area (Å²) in [7, 11) is 0. The smallest absolute Gasteiger partial charge is 0.199 e. The van der Waals surface area contributed by atoms with Gasteiger partial charge in [0.05, 0.1) is 16.1 Å². The first-order valence-corrected chi connectivity index (χ1v) is 6.27. The third-order valence-corrected chi connectivity index (χ3v) is 3.27. The predicted octanol–water partition coefficient (Wildman–Crippen LogP) is 4.15. The third-order valence-electron chi connectivity index (χ3n) is 2.37. The van der Waals surface area contributed by atoms with E-state index < -0.39 is 5.82 Å². The lowest BCUT2D eigenvalue weighted by Gasteiger charge is -2.24. The van der Waals surface area contributed by atoms with Crippen LogP contribution in [0.15, 0.2) is 16.6 Å². The Balaban J connectivity index is 2.11. The van der Waals surface area contributed by atoms with E-state index in [4.69, 9.17) is 21.1 Å². The van der Waals surface area contributed by atoms with E-state index in [2.05, 4.69) is 15.9 Å². The van der Waals surface area contributed by atoms with E-state index >= 15 is 0 Å². The molecule has 0 aromatic heterocycles. The lowest BCUT2D eigenvalue weighted by Crippen LogP contribution is -2.25. The summed E-state index contributed by atoms with van der Waals surface area (Å²) >= 11 is 8.97. The van der Waals surface area contributed by atoms with Gasteiger partial charge < -0.3 is 9.47 Å². The highest BCUT2D eigenvalue weighted by atomic mass is 79.9. The van der Waals surface area contributed by atoms with Crippen LogP contribution in [0.1, 0.15) is 19.3 Å². The van der Waals surface area contributed by atoms with Gasteiger partial charge in [-0.3, -0.25) is 0 Å². The van der Waals surface area contributed by atoms with E-state index in [-0.39, 0.29) is 11.3 Å². The second-order valence-corrected chi connectivity index (χ2v) is 4.87. The second kappa shape index (κ2) is 5.34. The molecular weight excluding hydrogens is 298 g/mol. The average Bonchev–Trinajstić information content (AvgIpc) is 2.27. The van der Waals surface area contributed by atoms with Gasteiger partial charge in [0.1, 0.15) is 11.6 Å². The van der Waals surface area contributed by atoms with Crippen molar-refractivity contribution >= 4 is 27.5 Å². The van der Waals surface area contributed by atoms with E-state index in [1.54, 1.807) is 0 Å². The molecule has 0 amide bonds. The molecule has 0 N–H and O–H groups in total. The molecule has 16 heavy (non-hydrogen) atoms. The van der Waals surface area contributed by atoms with Crippen LogP contribution in [-0.2, 0) is 4.74 Å². The van der Waals surface area contributed by atoms with Gasteiger partial charge in [-0.15, -0.1) is 0 Å². The molecule has 1 saturated heterocycles. The summed E-state index contributed by atoms with van der Waals surface area (Å²) in [4.78, 5) is 0. The molecule has 0 saturated carbocycles. The van der Waals surface area contributed by atoms with Gasteiger partial charge in [0.2, 0.25) is 0 Å². The first-order valence-electron chi connectivity index (χ1n) is 5.09. The first-order chi connectivity index (χ1) is 7.66. The van der Waals surface area contributed by atoms with Crippen LogP contribution in [0.25, 0.3) is 0 Å². The monoisotopic (exact) mass is 308 g/mol. The zero-order valence-corrected chi connectivity index (χ0v) is 10.9. The summed E-state index contributed by atoms with van der Waals surface area (Å²) in [5.74, 6) is 0.0451. The lowest BCUT2D eigenvalue weighted by molar-refractivity contribution is -0.105. The van der Waals surface area contributed by atoms with Crippen molar-refractivity contribution in [2.45, 2.75) is 25.6 Å². The molecule has 1 unspecified atom stereocenters. The Morgan fingerprint density at radius 1 is 1.44 bits per heavy atom. The molecule has 5 heteroatoms. The van der Waals surface area contributed by atoms with Crippen LogP contribution in [0.4, 0.5) is 4.39 Å². The van der Waals surface area contributed by atoms with Crippen LogP contribution < -0.4 is 4.74 Å². The molecule has 1 fully saturated rings. The highest BCUT2D eigenvalue weighted by Gasteiger charge is 2.17. The van der Waals surface area contributed by atoms with Crippen molar-refractivity contribution in [1.29, 1.82) is 0 Å². The van der Waals surface area contributed by atoms with E-state index in [0.29, 0.717) is 16.8 Å². The van der Waals surface area contributed by atoms with Gasteiger partial charge in [0.25, 0.3) is 0 Å². The topological polar surface area (TPSA) is 18.5 Å². The Labute approximate surface area is 107 Å². The molecule has 2 nitrogen and oxygen atoms in total. The maximum absolute atomic E-state index is 13.1. The summed E-state index contributed by atoms with van der Waals surface area (Å²) in [6, 6.07) is 2.75.